The third-order valence-corrected chi connectivity index (χ3v) is 9.49. The van der Waals surface area contributed by atoms with Gasteiger partial charge in [0.2, 0.25) is 0 Å². The number of carbonyl (C=O) groups excluding carboxylic acids is 3. The molecule has 4 N–H and O–H groups in total. The molecular weight excluding hydrogens is 675 g/mol. The van der Waals surface area contributed by atoms with Crippen molar-refractivity contribution in [3.63, 3.8) is 0 Å². The molecule has 294 valence electrons. The second-order valence-corrected chi connectivity index (χ2v) is 14.9. The molecule has 11 nitrogen and oxygen atoms in total. The molecule has 0 aromatic carbocycles. The van der Waals surface area contributed by atoms with Crippen LogP contribution >= 0.6 is 7.82 Å². The zero-order chi connectivity index (χ0) is 37.7. The number of ether oxygens (including phenoxy) is 2. The average Bonchev–Trinajstić information content (AvgIpc) is 3.35. The van der Waals surface area contributed by atoms with Gasteiger partial charge in [-0.25, -0.2) is 4.57 Å². The summed E-state index contributed by atoms with van der Waals surface area (Å²) in [6.45, 7) is 3.31. The van der Waals surface area contributed by atoms with Gasteiger partial charge in [0, 0.05) is 31.1 Å². The number of hydrogen-bond donors (Lipinski definition) is 4. The van der Waals surface area contributed by atoms with E-state index in [0.717, 1.165) is 57.8 Å². The minimum Gasteiger partial charge on any atom is -0.462 e. The number of esters is 2. The van der Waals surface area contributed by atoms with Gasteiger partial charge in [-0.1, -0.05) is 108 Å². The number of phosphoric ester groups is 1. The van der Waals surface area contributed by atoms with Crippen LogP contribution in [0.5, 0.6) is 0 Å². The van der Waals surface area contributed by atoms with Gasteiger partial charge >= 0.3 is 19.8 Å². The van der Waals surface area contributed by atoms with Crippen LogP contribution in [0.2, 0.25) is 0 Å². The molecule has 0 unspecified atom stereocenters. The van der Waals surface area contributed by atoms with Crippen molar-refractivity contribution in [3.05, 3.63) is 36.5 Å². The molecule has 0 amide bonds. The van der Waals surface area contributed by atoms with Gasteiger partial charge in [-0.3, -0.25) is 18.9 Å². The first-order chi connectivity index (χ1) is 24.5. The lowest BCUT2D eigenvalue weighted by Gasteiger charge is -2.18. The molecule has 51 heavy (non-hydrogen) atoms. The fourth-order valence-corrected chi connectivity index (χ4v) is 6.35. The van der Waals surface area contributed by atoms with Crippen molar-refractivity contribution in [1.82, 2.24) is 0 Å². The summed E-state index contributed by atoms with van der Waals surface area (Å²) in [7, 11) is -4.82. The fraction of sp³-hybridized carbons (Fsp3) is 0.769. The Labute approximate surface area is 306 Å². The van der Waals surface area contributed by atoms with E-state index in [9.17, 15) is 29.2 Å². The van der Waals surface area contributed by atoms with Crippen LogP contribution in [0, 0.1) is 11.8 Å². The van der Waals surface area contributed by atoms with Crippen LogP contribution in [-0.4, -0.2) is 69.2 Å². The van der Waals surface area contributed by atoms with Crippen LogP contribution in [0.4, 0.5) is 0 Å². The van der Waals surface area contributed by atoms with Crippen LogP contribution in [-0.2, 0) is 32.9 Å². The topological polar surface area (TPSA) is 177 Å². The van der Waals surface area contributed by atoms with E-state index in [2.05, 4.69) is 30.5 Å². The van der Waals surface area contributed by atoms with Crippen LogP contribution in [0.1, 0.15) is 149 Å². The van der Waals surface area contributed by atoms with Gasteiger partial charge < -0.3 is 29.5 Å². The molecule has 1 saturated carbocycles. The summed E-state index contributed by atoms with van der Waals surface area (Å²) in [6.07, 6.45) is 26.6. The van der Waals surface area contributed by atoms with E-state index >= 15 is 0 Å². The van der Waals surface area contributed by atoms with Crippen molar-refractivity contribution >= 4 is 25.5 Å². The SMILES string of the molecule is CCCCCC/C=C\CCCCCCCC(=O)O[C@H](COC(=O)CCC/C=C\C[C@H]1[C@@H](O)CC(=O)[C@@H]1/C=C/[C@@H](O)CCCCC)COP(=O)(O)O. The first-order valence-electron chi connectivity index (χ1n) is 19.4. The summed E-state index contributed by atoms with van der Waals surface area (Å²) in [5.74, 6) is -1.84. The number of phosphoric acid groups is 1. The quantitative estimate of drug-likeness (QED) is 0.0234. The lowest BCUT2D eigenvalue weighted by Crippen LogP contribution is -2.29. The maximum atomic E-state index is 12.4. The Morgan fingerprint density at radius 3 is 2.08 bits per heavy atom. The fourth-order valence-electron chi connectivity index (χ4n) is 5.99. The summed E-state index contributed by atoms with van der Waals surface area (Å²) >= 11 is 0. The largest absolute Gasteiger partial charge is 0.469 e. The number of aliphatic hydroxyl groups is 2. The highest BCUT2D eigenvalue weighted by Crippen LogP contribution is 2.36. The molecule has 0 radical (unpaired) electrons. The summed E-state index contributed by atoms with van der Waals surface area (Å²) < 4.78 is 26.3. The monoisotopic (exact) mass is 742 g/mol. The third-order valence-electron chi connectivity index (χ3n) is 9.01. The molecule has 0 spiro atoms. The first kappa shape index (κ1) is 46.9. The Morgan fingerprint density at radius 1 is 0.804 bits per heavy atom. The molecule has 1 aliphatic rings. The van der Waals surface area contributed by atoms with Gasteiger partial charge in [0.05, 0.1) is 18.8 Å². The minimum atomic E-state index is -4.82. The van der Waals surface area contributed by atoms with Crippen LogP contribution in [0.3, 0.4) is 0 Å². The second-order valence-electron chi connectivity index (χ2n) is 13.7. The summed E-state index contributed by atoms with van der Waals surface area (Å²) in [5.41, 5.74) is 0. The highest BCUT2D eigenvalue weighted by molar-refractivity contribution is 7.46. The van der Waals surface area contributed by atoms with Gasteiger partial charge in [0.15, 0.2) is 6.10 Å². The molecule has 1 rings (SSSR count). The van der Waals surface area contributed by atoms with E-state index in [1.807, 2.05) is 12.2 Å². The summed E-state index contributed by atoms with van der Waals surface area (Å²) in [5, 5.41) is 20.6. The zero-order valence-electron chi connectivity index (χ0n) is 31.2. The average molecular weight is 743 g/mol. The number of allylic oxidation sites excluding steroid dienone is 5. The van der Waals surface area contributed by atoms with Gasteiger partial charge in [0.25, 0.3) is 0 Å². The number of carbonyl (C=O) groups is 3. The number of ketones is 1. The third kappa shape index (κ3) is 25.5. The number of unbranched alkanes of at least 4 members (excludes halogenated alkanes) is 12. The van der Waals surface area contributed by atoms with Crippen molar-refractivity contribution in [2.45, 2.75) is 167 Å². The molecule has 0 aromatic heterocycles. The standard InChI is InChI=1S/C39H67O11P/c1-3-5-7-8-9-10-11-12-13-14-15-16-22-26-39(44)50-33(31-49-51(45,46)47)30-48-38(43)25-21-18-17-20-24-34-35(37(42)29-36(34)41)28-27-32(40)23-19-6-4-2/h10-11,17,20,27-28,32-36,40-41H,3-9,12-16,18-19,21-26,29-31H2,1-2H3,(H2,45,46,47)/b11-10-,20-17-,28-27+/t32-,33+,34+,35+,36-/m0/s1. The molecular formula is C39H67O11P. The summed E-state index contributed by atoms with van der Waals surface area (Å²) in [6, 6.07) is 0. The molecule has 1 aliphatic carbocycles. The molecule has 0 saturated heterocycles. The molecule has 5 atom stereocenters. The lowest BCUT2D eigenvalue weighted by atomic mass is 9.90. The van der Waals surface area contributed by atoms with Crippen LogP contribution < -0.4 is 0 Å². The Balaban J connectivity index is 2.35. The number of Topliss-reactive ketones (excluding diaryl/α,β-unsaturated/α-hetero) is 1. The molecule has 0 bridgehead atoms. The number of hydrogen-bond acceptors (Lipinski definition) is 9. The van der Waals surface area contributed by atoms with Crippen molar-refractivity contribution < 1.29 is 52.9 Å². The van der Waals surface area contributed by atoms with Gasteiger partial charge in [-0.05, 0) is 57.8 Å². The molecule has 0 aromatic rings. The zero-order valence-corrected chi connectivity index (χ0v) is 32.1. The van der Waals surface area contributed by atoms with E-state index in [-0.39, 0.29) is 37.6 Å². The molecule has 1 fully saturated rings. The maximum Gasteiger partial charge on any atom is 0.469 e. The van der Waals surface area contributed by atoms with E-state index in [4.69, 9.17) is 19.3 Å². The number of rotatable bonds is 31. The Morgan fingerprint density at radius 2 is 1.39 bits per heavy atom. The van der Waals surface area contributed by atoms with Crippen molar-refractivity contribution in [1.29, 1.82) is 0 Å². The van der Waals surface area contributed by atoms with Crippen LogP contribution in [0.15, 0.2) is 36.5 Å². The number of aliphatic hydroxyl groups excluding tert-OH is 2. The van der Waals surface area contributed by atoms with Gasteiger partial charge in [0.1, 0.15) is 12.4 Å². The molecule has 0 heterocycles. The van der Waals surface area contributed by atoms with Crippen molar-refractivity contribution in [2.75, 3.05) is 13.2 Å². The highest BCUT2D eigenvalue weighted by Gasteiger charge is 2.39. The Kier molecular flexibility index (Phi) is 27.0. The van der Waals surface area contributed by atoms with Crippen molar-refractivity contribution in [3.8, 4) is 0 Å². The predicted molar refractivity (Wildman–Crippen MR) is 199 cm³/mol. The van der Waals surface area contributed by atoms with Gasteiger partial charge in [-0.2, -0.15) is 0 Å². The van der Waals surface area contributed by atoms with Crippen molar-refractivity contribution in [2.24, 2.45) is 11.8 Å². The Bertz CT molecular complexity index is 1080. The predicted octanol–water partition coefficient (Wildman–Crippen LogP) is 7.99. The van der Waals surface area contributed by atoms with Gasteiger partial charge in [-0.15, -0.1) is 0 Å². The van der Waals surface area contributed by atoms with E-state index < -0.39 is 50.6 Å². The normalized spacial score (nSPS) is 19.4. The maximum absolute atomic E-state index is 12.4. The summed E-state index contributed by atoms with van der Waals surface area (Å²) in [4.78, 5) is 55.3. The van der Waals surface area contributed by atoms with Crippen LogP contribution in [0.25, 0.3) is 0 Å². The Hall–Kier alpha value is -2.14. The van der Waals surface area contributed by atoms with E-state index in [0.29, 0.717) is 32.1 Å². The van der Waals surface area contributed by atoms with E-state index in [1.165, 1.54) is 25.7 Å². The highest BCUT2D eigenvalue weighted by atomic mass is 31.2. The first-order valence-corrected chi connectivity index (χ1v) is 20.9. The molecule has 12 heteroatoms. The minimum absolute atomic E-state index is 0.0338. The lowest BCUT2D eigenvalue weighted by molar-refractivity contribution is -0.161. The smallest absolute Gasteiger partial charge is 0.462 e. The molecule has 0 aliphatic heterocycles. The second kappa shape index (κ2) is 29.3. The van der Waals surface area contributed by atoms with E-state index in [1.54, 1.807) is 12.2 Å².